The number of nitrogens with zero attached hydrogens (tertiary/aromatic N) is 1. The number of likely N-dealkylation sites (N-methyl/N-ethyl adjacent to an activating group) is 1. The van der Waals surface area contributed by atoms with Gasteiger partial charge in [-0.2, -0.15) is 0 Å². The van der Waals surface area contributed by atoms with E-state index in [0.717, 1.165) is 6.54 Å². The monoisotopic (exact) mass is 236 g/mol. The van der Waals surface area contributed by atoms with E-state index in [9.17, 15) is 13.5 Å². The smallest absolute Gasteiger partial charge is 0.151 e. The van der Waals surface area contributed by atoms with E-state index in [1.54, 1.807) is 0 Å². The summed E-state index contributed by atoms with van der Waals surface area (Å²) in [5, 5.41) is 9.43. The van der Waals surface area contributed by atoms with Gasteiger partial charge in [-0.15, -0.1) is 0 Å². The van der Waals surface area contributed by atoms with Crippen LogP contribution in [0.1, 0.15) is 13.3 Å². The van der Waals surface area contributed by atoms with E-state index >= 15 is 0 Å². The van der Waals surface area contributed by atoms with Crippen LogP contribution in [-0.2, 0) is 9.84 Å². The van der Waals surface area contributed by atoms with Crippen molar-refractivity contribution in [3.63, 3.8) is 0 Å². The Bertz CT molecular complexity index is 292. The maximum Gasteiger partial charge on any atom is 0.151 e. The zero-order valence-electron chi connectivity index (χ0n) is 9.09. The Hall–Kier alpha value is -0.170. The van der Waals surface area contributed by atoms with Gasteiger partial charge < -0.3 is 10.8 Å². The quantitative estimate of drug-likeness (QED) is 0.627. The molecule has 1 aliphatic rings. The average molecular weight is 236 g/mol. The largest absolute Gasteiger partial charge is 0.390 e. The molecule has 2 atom stereocenters. The van der Waals surface area contributed by atoms with Gasteiger partial charge in [-0.1, -0.05) is 6.92 Å². The SMILES string of the molecule is CCN(CC(O)CN)C1CCS(=O)(=O)C1. The van der Waals surface area contributed by atoms with Gasteiger partial charge in [0.05, 0.1) is 17.6 Å². The molecule has 0 amide bonds. The first-order valence-electron chi connectivity index (χ1n) is 5.31. The second-order valence-corrected chi connectivity index (χ2v) is 6.26. The van der Waals surface area contributed by atoms with E-state index in [2.05, 4.69) is 0 Å². The maximum absolute atomic E-state index is 11.3. The van der Waals surface area contributed by atoms with Gasteiger partial charge in [0.1, 0.15) is 0 Å². The Morgan fingerprint density at radius 1 is 1.60 bits per heavy atom. The normalized spacial score (nSPS) is 27.1. The zero-order valence-corrected chi connectivity index (χ0v) is 9.91. The van der Waals surface area contributed by atoms with Crippen LogP contribution in [0.25, 0.3) is 0 Å². The van der Waals surface area contributed by atoms with Crippen molar-refractivity contribution in [3.8, 4) is 0 Å². The molecule has 1 saturated heterocycles. The van der Waals surface area contributed by atoms with Gasteiger partial charge in [-0.3, -0.25) is 4.90 Å². The summed E-state index contributed by atoms with van der Waals surface area (Å²) in [6.45, 7) is 3.40. The van der Waals surface area contributed by atoms with Crippen LogP contribution >= 0.6 is 0 Å². The molecule has 90 valence electrons. The van der Waals surface area contributed by atoms with Crippen molar-refractivity contribution >= 4 is 9.84 Å². The lowest BCUT2D eigenvalue weighted by Gasteiger charge is -2.28. The van der Waals surface area contributed by atoms with E-state index in [-0.39, 0.29) is 24.1 Å². The van der Waals surface area contributed by atoms with Crippen LogP contribution in [-0.4, -0.2) is 61.7 Å². The van der Waals surface area contributed by atoms with Gasteiger partial charge >= 0.3 is 0 Å². The molecule has 6 heteroatoms. The number of rotatable bonds is 5. The third-order valence-corrected chi connectivity index (χ3v) is 4.60. The number of hydrogen-bond acceptors (Lipinski definition) is 5. The van der Waals surface area contributed by atoms with Gasteiger partial charge in [0.2, 0.25) is 0 Å². The second kappa shape index (κ2) is 5.25. The van der Waals surface area contributed by atoms with Crippen LogP contribution in [0.15, 0.2) is 0 Å². The molecule has 0 aromatic carbocycles. The lowest BCUT2D eigenvalue weighted by molar-refractivity contribution is 0.102. The summed E-state index contributed by atoms with van der Waals surface area (Å²) in [7, 11) is -2.85. The number of sulfone groups is 1. The summed E-state index contributed by atoms with van der Waals surface area (Å²) >= 11 is 0. The molecule has 0 aromatic heterocycles. The van der Waals surface area contributed by atoms with Crippen LogP contribution in [0.5, 0.6) is 0 Å². The van der Waals surface area contributed by atoms with Crippen LogP contribution in [0.3, 0.4) is 0 Å². The highest BCUT2D eigenvalue weighted by molar-refractivity contribution is 7.91. The summed E-state index contributed by atoms with van der Waals surface area (Å²) in [5.41, 5.74) is 5.33. The first-order valence-corrected chi connectivity index (χ1v) is 7.13. The van der Waals surface area contributed by atoms with Crippen LogP contribution in [0.2, 0.25) is 0 Å². The van der Waals surface area contributed by atoms with Gasteiger partial charge in [-0.25, -0.2) is 8.42 Å². The molecule has 1 fully saturated rings. The summed E-state index contributed by atoms with van der Waals surface area (Å²) in [6, 6.07) is 0.0567. The van der Waals surface area contributed by atoms with Gasteiger partial charge in [-0.05, 0) is 13.0 Å². The minimum atomic E-state index is -2.85. The zero-order chi connectivity index (χ0) is 11.5. The van der Waals surface area contributed by atoms with E-state index in [0.29, 0.717) is 13.0 Å². The molecule has 0 radical (unpaired) electrons. The Balaban J connectivity index is 2.53. The Labute approximate surface area is 91.2 Å². The molecular formula is C9H20N2O3S. The fourth-order valence-electron chi connectivity index (χ4n) is 1.94. The number of hydrogen-bond donors (Lipinski definition) is 2. The fraction of sp³-hybridized carbons (Fsp3) is 1.00. The summed E-state index contributed by atoms with van der Waals surface area (Å²) in [6.07, 6.45) is 0.112. The van der Waals surface area contributed by atoms with Gasteiger partial charge in [0.25, 0.3) is 0 Å². The minimum absolute atomic E-state index is 0.0567. The number of aliphatic hydroxyl groups excluding tert-OH is 1. The topological polar surface area (TPSA) is 83.6 Å². The highest BCUT2D eigenvalue weighted by atomic mass is 32.2. The predicted molar refractivity (Wildman–Crippen MR) is 59.4 cm³/mol. The molecule has 0 saturated carbocycles. The number of nitrogens with two attached hydrogens (primary N) is 1. The number of aliphatic hydroxyl groups is 1. The summed E-state index contributed by atoms with van der Waals surface area (Å²) in [4.78, 5) is 2.00. The molecule has 0 bridgehead atoms. The van der Waals surface area contributed by atoms with Crippen molar-refractivity contribution in [1.29, 1.82) is 0 Å². The molecule has 3 N–H and O–H groups in total. The summed E-state index contributed by atoms with van der Waals surface area (Å²) in [5.74, 6) is 0.491. The van der Waals surface area contributed by atoms with Crippen molar-refractivity contribution in [2.24, 2.45) is 5.73 Å². The van der Waals surface area contributed by atoms with Crippen molar-refractivity contribution in [1.82, 2.24) is 4.90 Å². The first kappa shape index (κ1) is 12.9. The van der Waals surface area contributed by atoms with Crippen LogP contribution < -0.4 is 5.73 Å². The van der Waals surface area contributed by atoms with Gasteiger partial charge in [0, 0.05) is 19.1 Å². The lowest BCUT2D eigenvalue weighted by Crippen LogP contribution is -2.43. The van der Waals surface area contributed by atoms with Gasteiger partial charge in [0.15, 0.2) is 9.84 Å². The van der Waals surface area contributed by atoms with Crippen molar-refractivity contribution < 1.29 is 13.5 Å². The predicted octanol–water partition coefficient (Wildman–Crippen LogP) is -1.18. The average Bonchev–Trinajstić information content (AvgIpc) is 2.54. The highest BCUT2D eigenvalue weighted by Gasteiger charge is 2.31. The van der Waals surface area contributed by atoms with E-state index in [1.807, 2.05) is 11.8 Å². The molecule has 1 heterocycles. The van der Waals surface area contributed by atoms with Crippen LogP contribution in [0, 0.1) is 0 Å². The molecule has 15 heavy (non-hydrogen) atoms. The summed E-state index contributed by atoms with van der Waals surface area (Å²) < 4.78 is 22.6. The van der Waals surface area contributed by atoms with Crippen LogP contribution in [0.4, 0.5) is 0 Å². The Morgan fingerprint density at radius 3 is 2.67 bits per heavy atom. The molecule has 2 unspecified atom stereocenters. The molecule has 5 nitrogen and oxygen atoms in total. The van der Waals surface area contributed by atoms with E-state index < -0.39 is 15.9 Å². The molecule has 0 aromatic rings. The Morgan fingerprint density at radius 2 is 2.27 bits per heavy atom. The molecule has 0 aliphatic carbocycles. The molecule has 1 aliphatic heterocycles. The van der Waals surface area contributed by atoms with Crippen molar-refractivity contribution in [2.75, 3.05) is 31.1 Å². The third kappa shape index (κ3) is 3.71. The van der Waals surface area contributed by atoms with E-state index in [4.69, 9.17) is 5.73 Å². The second-order valence-electron chi connectivity index (χ2n) is 4.03. The Kier molecular flexibility index (Phi) is 4.51. The first-order chi connectivity index (χ1) is 6.98. The van der Waals surface area contributed by atoms with E-state index in [1.165, 1.54) is 0 Å². The molecular weight excluding hydrogens is 216 g/mol. The fourth-order valence-corrected chi connectivity index (χ4v) is 3.71. The highest BCUT2D eigenvalue weighted by Crippen LogP contribution is 2.17. The van der Waals surface area contributed by atoms with Crippen molar-refractivity contribution in [3.05, 3.63) is 0 Å². The minimum Gasteiger partial charge on any atom is -0.390 e. The maximum atomic E-state index is 11.3. The lowest BCUT2D eigenvalue weighted by atomic mass is 10.2. The van der Waals surface area contributed by atoms with Crippen molar-refractivity contribution in [2.45, 2.75) is 25.5 Å². The molecule has 0 spiro atoms. The molecule has 1 rings (SSSR count). The standard InChI is InChI=1S/C9H20N2O3S/c1-2-11(6-9(12)5-10)8-3-4-15(13,14)7-8/h8-9,12H,2-7,10H2,1H3. The third-order valence-electron chi connectivity index (χ3n) is 2.85.